The highest BCUT2D eigenvalue weighted by Gasteiger charge is 2.40. The van der Waals surface area contributed by atoms with Crippen LogP contribution < -0.4 is 19.1 Å². The van der Waals surface area contributed by atoms with Crippen LogP contribution >= 0.6 is 0 Å². The zero-order chi connectivity index (χ0) is 28.3. The molecule has 4 atom stereocenters. The van der Waals surface area contributed by atoms with Crippen LogP contribution in [0.4, 0.5) is 24.5 Å². The standard InChI is InChI=1S/C28H30F3N3O5S/c1-2-16-32-40(36,20-13-11-19(12-14-20)39-28(29,30)31)33-21-18-37-17-15-24(27(21)35)34-22-7-3-5-9-25(22)38-26-10-6-4-8-23(26)34/h3-14,21,24,27,35H,2,15-18H2,1H3,(H,32,33,36)/t21-,24+,27-,40?/m0/s1. The van der Waals surface area contributed by atoms with Gasteiger partial charge < -0.3 is 24.2 Å². The highest BCUT2D eigenvalue weighted by molar-refractivity contribution is 7.91. The van der Waals surface area contributed by atoms with E-state index in [1.807, 2.05) is 60.4 Å². The maximum atomic E-state index is 14.2. The number of anilines is 2. The Balaban J connectivity index is 1.47. The van der Waals surface area contributed by atoms with Crippen LogP contribution in [-0.2, 0) is 14.7 Å². The molecule has 214 valence electrons. The van der Waals surface area contributed by atoms with E-state index in [1.54, 1.807) is 0 Å². The topological polar surface area (TPSA) is 92.6 Å². The summed E-state index contributed by atoms with van der Waals surface area (Å²) >= 11 is 0. The normalized spacial score (nSPS) is 22.2. The predicted molar refractivity (Wildman–Crippen MR) is 144 cm³/mol. The Bertz CT molecular complexity index is 1400. The van der Waals surface area contributed by atoms with E-state index in [0.29, 0.717) is 30.9 Å². The second kappa shape index (κ2) is 11.7. The number of hydrogen-bond acceptors (Lipinski definition) is 7. The third-order valence-electron chi connectivity index (χ3n) is 6.65. The molecule has 0 spiro atoms. The van der Waals surface area contributed by atoms with Gasteiger partial charge in [-0.3, -0.25) is 0 Å². The van der Waals surface area contributed by atoms with Gasteiger partial charge in [-0.2, -0.15) is 0 Å². The number of aliphatic hydroxyl groups is 1. The number of benzene rings is 3. The lowest BCUT2D eigenvalue weighted by molar-refractivity contribution is -0.274. The van der Waals surface area contributed by atoms with Gasteiger partial charge in [-0.05, 0) is 61.4 Å². The van der Waals surface area contributed by atoms with Crippen molar-refractivity contribution in [1.29, 1.82) is 0 Å². The first-order valence-corrected chi connectivity index (χ1v) is 14.5. The number of aliphatic hydroxyl groups excluding tert-OH is 1. The number of hydrogen-bond donors (Lipinski definition) is 2. The molecule has 3 aromatic rings. The fraction of sp³-hybridized carbons (Fsp3) is 0.357. The number of halogens is 3. The van der Waals surface area contributed by atoms with Gasteiger partial charge in [0.2, 0.25) is 0 Å². The van der Waals surface area contributed by atoms with Crippen LogP contribution in [-0.4, -0.2) is 53.6 Å². The van der Waals surface area contributed by atoms with Crippen LogP contribution in [0.3, 0.4) is 0 Å². The Morgan fingerprint density at radius 2 is 1.68 bits per heavy atom. The Morgan fingerprint density at radius 1 is 1.05 bits per heavy atom. The van der Waals surface area contributed by atoms with Crippen molar-refractivity contribution in [3.8, 4) is 17.2 Å². The lowest BCUT2D eigenvalue weighted by Gasteiger charge is -2.41. The molecule has 0 bridgehead atoms. The van der Waals surface area contributed by atoms with Crippen LogP contribution in [0.5, 0.6) is 17.2 Å². The molecule has 0 aliphatic carbocycles. The number of fused-ring (bicyclic) bond motifs is 2. The summed E-state index contributed by atoms with van der Waals surface area (Å²) in [7, 11) is -3.36. The van der Waals surface area contributed by atoms with E-state index in [1.165, 1.54) is 12.1 Å². The van der Waals surface area contributed by atoms with Crippen LogP contribution in [0.2, 0.25) is 0 Å². The average molecular weight is 578 g/mol. The van der Waals surface area contributed by atoms with E-state index in [0.717, 1.165) is 23.5 Å². The minimum absolute atomic E-state index is 0.0548. The molecular formula is C28H30F3N3O5S. The van der Waals surface area contributed by atoms with E-state index in [-0.39, 0.29) is 18.0 Å². The van der Waals surface area contributed by atoms with E-state index in [4.69, 9.17) is 9.47 Å². The predicted octanol–water partition coefficient (Wildman–Crippen LogP) is 5.79. The molecule has 0 amide bonds. The van der Waals surface area contributed by atoms with Crippen molar-refractivity contribution in [2.75, 3.05) is 24.7 Å². The molecule has 2 N–H and O–H groups in total. The van der Waals surface area contributed by atoms with Crippen LogP contribution in [0, 0.1) is 0 Å². The molecule has 0 saturated carbocycles. The van der Waals surface area contributed by atoms with Gasteiger partial charge in [0, 0.05) is 13.2 Å². The van der Waals surface area contributed by atoms with Crippen molar-refractivity contribution in [3.05, 3.63) is 72.8 Å². The van der Waals surface area contributed by atoms with Gasteiger partial charge >= 0.3 is 6.36 Å². The van der Waals surface area contributed by atoms with Gasteiger partial charge in [0.1, 0.15) is 15.7 Å². The maximum absolute atomic E-state index is 14.2. The zero-order valence-electron chi connectivity index (χ0n) is 21.7. The molecule has 3 aromatic carbocycles. The molecule has 0 aromatic heterocycles. The maximum Gasteiger partial charge on any atom is 0.573 e. The summed E-state index contributed by atoms with van der Waals surface area (Å²) in [5.41, 5.74) is 1.56. The first-order valence-electron chi connectivity index (χ1n) is 13.0. The van der Waals surface area contributed by atoms with E-state index >= 15 is 0 Å². The average Bonchev–Trinajstić information content (AvgIpc) is 3.11. The van der Waals surface area contributed by atoms with E-state index in [2.05, 4.69) is 13.8 Å². The van der Waals surface area contributed by atoms with Gasteiger partial charge in [0.05, 0.1) is 41.1 Å². The lowest BCUT2D eigenvalue weighted by Crippen LogP contribution is -2.54. The molecule has 8 nitrogen and oxygen atoms in total. The van der Waals surface area contributed by atoms with Gasteiger partial charge in [-0.25, -0.2) is 13.3 Å². The summed E-state index contributed by atoms with van der Waals surface area (Å²) in [5.74, 6) is 0.855. The van der Waals surface area contributed by atoms with Crippen LogP contribution in [0.15, 0.2) is 82.1 Å². The number of para-hydroxylation sites is 4. The number of nitrogens with one attached hydrogen (secondary N) is 1. The fourth-order valence-electron chi connectivity index (χ4n) is 4.86. The fourth-order valence-corrected chi connectivity index (χ4v) is 6.78. The Hall–Kier alpha value is -3.32. The summed E-state index contributed by atoms with van der Waals surface area (Å²) in [6, 6.07) is 18.5. The summed E-state index contributed by atoms with van der Waals surface area (Å²) in [6.45, 7) is 2.51. The Labute approximate surface area is 231 Å². The molecular weight excluding hydrogens is 547 g/mol. The van der Waals surface area contributed by atoms with Crippen molar-refractivity contribution >= 4 is 21.3 Å². The van der Waals surface area contributed by atoms with Crippen molar-refractivity contribution in [3.63, 3.8) is 0 Å². The van der Waals surface area contributed by atoms with Crippen molar-refractivity contribution in [2.24, 2.45) is 4.36 Å². The van der Waals surface area contributed by atoms with Gasteiger partial charge in [-0.1, -0.05) is 31.2 Å². The van der Waals surface area contributed by atoms with Crippen molar-refractivity contribution in [2.45, 2.75) is 49.2 Å². The quantitative estimate of drug-likeness (QED) is 0.370. The van der Waals surface area contributed by atoms with E-state index in [9.17, 15) is 22.5 Å². The molecule has 1 fully saturated rings. The van der Waals surface area contributed by atoms with Gasteiger partial charge in [0.25, 0.3) is 0 Å². The second-order valence-corrected chi connectivity index (χ2v) is 11.5. The minimum atomic E-state index is -4.85. The second-order valence-electron chi connectivity index (χ2n) is 9.45. The molecule has 1 saturated heterocycles. The van der Waals surface area contributed by atoms with E-state index < -0.39 is 40.2 Å². The lowest BCUT2D eigenvalue weighted by atomic mass is 9.98. The summed E-state index contributed by atoms with van der Waals surface area (Å²) in [6.07, 6.45) is -4.84. The molecule has 2 heterocycles. The smallest absolute Gasteiger partial charge is 0.453 e. The summed E-state index contributed by atoms with van der Waals surface area (Å²) in [5, 5.41) is 11.8. The monoisotopic (exact) mass is 577 g/mol. The molecule has 40 heavy (non-hydrogen) atoms. The van der Waals surface area contributed by atoms with Crippen molar-refractivity contribution in [1.82, 2.24) is 4.72 Å². The van der Waals surface area contributed by atoms with Crippen molar-refractivity contribution < 1.29 is 36.7 Å². The SMILES string of the molecule is CCCN=S(=O)(N[C@H]1COCC[C@@H](N2c3ccccc3Oc3ccccc32)[C@H]1O)c1ccc(OC(F)(F)F)cc1. The highest BCUT2D eigenvalue weighted by Crippen LogP contribution is 2.48. The molecule has 5 rings (SSSR count). The van der Waals surface area contributed by atoms with Crippen LogP contribution in [0.1, 0.15) is 19.8 Å². The summed E-state index contributed by atoms with van der Waals surface area (Å²) < 4.78 is 75.4. The molecule has 12 heteroatoms. The molecule has 2 aliphatic rings. The highest BCUT2D eigenvalue weighted by atomic mass is 32.2. The van der Waals surface area contributed by atoms with Gasteiger partial charge in [-0.15, -0.1) is 13.2 Å². The minimum Gasteiger partial charge on any atom is -0.453 e. The summed E-state index contributed by atoms with van der Waals surface area (Å²) in [4.78, 5) is 2.20. The number of ether oxygens (including phenoxy) is 3. The number of alkyl halides is 3. The molecule has 2 aliphatic heterocycles. The zero-order valence-corrected chi connectivity index (χ0v) is 22.5. The molecule has 0 radical (unpaired) electrons. The van der Waals surface area contributed by atoms with Crippen LogP contribution in [0.25, 0.3) is 0 Å². The number of rotatable bonds is 7. The Morgan fingerprint density at radius 3 is 2.27 bits per heavy atom. The third kappa shape index (κ3) is 6.04. The largest absolute Gasteiger partial charge is 0.573 e. The first kappa shape index (κ1) is 28.2. The van der Waals surface area contributed by atoms with Gasteiger partial charge in [0.15, 0.2) is 11.5 Å². The third-order valence-corrected chi connectivity index (χ3v) is 8.73. The molecule has 1 unspecified atom stereocenters. The Kier molecular flexibility index (Phi) is 8.22. The first-order chi connectivity index (χ1) is 19.2. The number of nitrogens with zero attached hydrogens (tertiary/aromatic N) is 2.